The zero-order chi connectivity index (χ0) is 19.8. The summed E-state index contributed by atoms with van der Waals surface area (Å²) in [4.78, 5) is 16.9. The zero-order valence-electron chi connectivity index (χ0n) is 15.5. The summed E-state index contributed by atoms with van der Waals surface area (Å²) < 4.78 is 5.30. The molecule has 0 unspecified atom stereocenters. The van der Waals surface area contributed by atoms with Gasteiger partial charge in [0.25, 0.3) is 5.91 Å². The van der Waals surface area contributed by atoms with Gasteiger partial charge in [-0.05, 0) is 50.1 Å². The second kappa shape index (κ2) is 6.63. The van der Waals surface area contributed by atoms with Gasteiger partial charge in [-0.15, -0.1) is 0 Å². The summed E-state index contributed by atoms with van der Waals surface area (Å²) in [5.41, 5.74) is 4.96. The number of nitrogens with zero attached hydrogens (tertiary/aromatic N) is 4. The fourth-order valence-electron chi connectivity index (χ4n) is 2.99. The van der Waals surface area contributed by atoms with Crippen LogP contribution in [-0.4, -0.2) is 26.2 Å². The molecule has 4 rings (SSSR count). The van der Waals surface area contributed by atoms with Gasteiger partial charge in [-0.2, -0.15) is 10.4 Å². The average Bonchev–Trinajstić information content (AvgIpc) is 3.29. The number of pyridine rings is 1. The number of carbonyl (C=O) groups excluding carboxylic acids is 1. The van der Waals surface area contributed by atoms with Gasteiger partial charge in [0.15, 0.2) is 5.76 Å². The Hall–Kier alpha value is -3.99. The number of nitriles is 1. The van der Waals surface area contributed by atoms with Crippen molar-refractivity contribution in [2.45, 2.75) is 20.8 Å². The van der Waals surface area contributed by atoms with Gasteiger partial charge in [0.05, 0.1) is 16.8 Å². The van der Waals surface area contributed by atoms with Crippen LogP contribution in [0.5, 0.6) is 0 Å². The molecule has 0 fully saturated rings. The van der Waals surface area contributed by atoms with Crippen LogP contribution in [0.25, 0.3) is 22.4 Å². The first-order valence-corrected chi connectivity index (χ1v) is 8.57. The van der Waals surface area contributed by atoms with E-state index in [2.05, 4.69) is 31.7 Å². The molecule has 0 aliphatic carbocycles. The largest absolute Gasteiger partial charge is 0.354 e. The summed E-state index contributed by atoms with van der Waals surface area (Å²) in [6, 6.07) is 9.29. The monoisotopic (exact) mass is 372 g/mol. The van der Waals surface area contributed by atoms with E-state index >= 15 is 0 Å². The van der Waals surface area contributed by atoms with E-state index in [1.807, 2.05) is 19.1 Å². The molecule has 8 nitrogen and oxygen atoms in total. The molecule has 0 saturated heterocycles. The Balaban J connectivity index is 1.68. The van der Waals surface area contributed by atoms with Crippen LogP contribution < -0.4 is 5.32 Å². The zero-order valence-corrected chi connectivity index (χ0v) is 15.5. The molecule has 0 bridgehead atoms. The summed E-state index contributed by atoms with van der Waals surface area (Å²) in [5.74, 6) is 0.206. The highest BCUT2D eigenvalue weighted by Crippen LogP contribution is 2.29. The summed E-state index contributed by atoms with van der Waals surface area (Å²) in [6.45, 7) is 5.42. The Morgan fingerprint density at radius 1 is 1.21 bits per heavy atom. The first-order valence-electron chi connectivity index (χ1n) is 8.57. The van der Waals surface area contributed by atoms with Crippen molar-refractivity contribution >= 4 is 22.5 Å². The van der Waals surface area contributed by atoms with E-state index in [0.29, 0.717) is 28.3 Å². The number of H-pyrrole nitrogens is 1. The topological polar surface area (TPSA) is 120 Å². The molecule has 0 radical (unpaired) electrons. The molecule has 0 spiro atoms. The third kappa shape index (κ3) is 2.89. The smallest absolute Gasteiger partial charge is 0.274 e. The predicted molar refractivity (Wildman–Crippen MR) is 103 cm³/mol. The van der Waals surface area contributed by atoms with Crippen LogP contribution in [0.3, 0.4) is 0 Å². The number of benzene rings is 1. The summed E-state index contributed by atoms with van der Waals surface area (Å²) in [6.07, 6.45) is 1.42. The third-order valence-electron chi connectivity index (χ3n) is 4.66. The molecule has 0 aliphatic heterocycles. The lowest BCUT2D eigenvalue weighted by atomic mass is 10.0. The molecule has 0 saturated carbocycles. The lowest BCUT2D eigenvalue weighted by Crippen LogP contribution is -2.16. The molecule has 1 aromatic carbocycles. The molecule has 0 aliphatic rings. The van der Waals surface area contributed by atoms with E-state index in [-0.39, 0.29) is 11.6 Å². The van der Waals surface area contributed by atoms with Gasteiger partial charge in [-0.25, -0.2) is 4.98 Å². The maximum atomic E-state index is 12.7. The fourth-order valence-corrected chi connectivity index (χ4v) is 2.99. The number of aryl methyl sites for hydroxylation is 1. The minimum atomic E-state index is -0.343. The number of hydrogen-bond acceptors (Lipinski definition) is 6. The first kappa shape index (κ1) is 17.4. The van der Waals surface area contributed by atoms with E-state index in [1.165, 1.54) is 6.20 Å². The van der Waals surface area contributed by atoms with Gasteiger partial charge in [0, 0.05) is 23.3 Å². The molecule has 2 N–H and O–H groups in total. The number of anilines is 1. The Kier molecular flexibility index (Phi) is 4.12. The Bertz CT molecular complexity index is 1260. The molecular weight excluding hydrogens is 356 g/mol. The van der Waals surface area contributed by atoms with E-state index in [9.17, 15) is 4.79 Å². The van der Waals surface area contributed by atoms with Gasteiger partial charge >= 0.3 is 0 Å². The van der Waals surface area contributed by atoms with Crippen LogP contribution in [0.1, 0.15) is 32.9 Å². The standard InChI is InChI=1S/C20H16N6O2/c1-10-6-17(28-26-10)19-15-7-14(4-5-16(15)24-25-19)23-20(27)18-12(3)11(2)13(8-21)9-22-18/h4-7,9H,1-3H3,(H,23,27)(H,24,25). The second-order valence-corrected chi connectivity index (χ2v) is 6.50. The van der Waals surface area contributed by atoms with E-state index in [1.54, 1.807) is 26.0 Å². The predicted octanol–water partition coefficient (Wildman–Crippen LogP) is 3.66. The number of nitrogens with one attached hydrogen (secondary N) is 2. The normalized spacial score (nSPS) is 10.8. The van der Waals surface area contributed by atoms with Crippen molar-refractivity contribution in [1.82, 2.24) is 20.3 Å². The van der Waals surface area contributed by atoms with Crippen molar-refractivity contribution in [2.75, 3.05) is 5.32 Å². The molecule has 1 amide bonds. The number of fused-ring (bicyclic) bond motifs is 1. The highest BCUT2D eigenvalue weighted by molar-refractivity contribution is 6.05. The third-order valence-corrected chi connectivity index (χ3v) is 4.66. The van der Waals surface area contributed by atoms with Crippen molar-refractivity contribution in [2.24, 2.45) is 0 Å². The van der Waals surface area contributed by atoms with Crippen molar-refractivity contribution in [1.29, 1.82) is 5.26 Å². The van der Waals surface area contributed by atoms with Crippen LogP contribution in [-0.2, 0) is 0 Å². The highest BCUT2D eigenvalue weighted by Gasteiger charge is 2.17. The lowest BCUT2D eigenvalue weighted by Gasteiger charge is -2.10. The molecule has 138 valence electrons. The number of amides is 1. The van der Waals surface area contributed by atoms with Crippen molar-refractivity contribution in [3.63, 3.8) is 0 Å². The second-order valence-electron chi connectivity index (χ2n) is 6.50. The maximum Gasteiger partial charge on any atom is 0.274 e. The van der Waals surface area contributed by atoms with Crippen molar-refractivity contribution in [3.8, 4) is 17.5 Å². The number of aromatic nitrogens is 4. The van der Waals surface area contributed by atoms with Crippen molar-refractivity contribution in [3.05, 3.63) is 58.5 Å². The number of rotatable bonds is 3. The minimum Gasteiger partial charge on any atom is -0.354 e. The molecule has 0 atom stereocenters. The van der Waals surface area contributed by atoms with Crippen LogP contribution in [0.2, 0.25) is 0 Å². The van der Waals surface area contributed by atoms with Gasteiger partial charge in [-0.1, -0.05) is 5.16 Å². The quantitative estimate of drug-likeness (QED) is 0.566. The number of aromatic amines is 1. The Morgan fingerprint density at radius 3 is 2.75 bits per heavy atom. The van der Waals surface area contributed by atoms with Crippen LogP contribution in [0, 0.1) is 32.1 Å². The first-order chi connectivity index (χ1) is 13.5. The minimum absolute atomic E-state index is 0.287. The molecule has 4 aromatic rings. The Labute approximate surface area is 160 Å². The Morgan fingerprint density at radius 2 is 2.04 bits per heavy atom. The number of hydrogen-bond donors (Lipinski definition) is 2. The molecule has 28 heavy (non-hydrogen) atoms. The SMILES string of the molecule is Cc1cc(-c2n[nH]c3ccc(NC(=O)c4ncc(C#N)c(C)c4C)cc23)on1. The van der Waals surface area contributed by atoms with E-state index in [4.69, 9.17) is 9.78 Å². The fraction of sp³-hybridized carbons (Fsp3) is 0.150. The lowest BCUT2D eigenvalue weighted by molar-refractivity contribution is 0.102. The van der Waals surface area contributed by atoms with Gasteiger partial charge < -0.3 is 9.84 Å². The van der Waals surface area contributed by atoms with Crippen LogP contribution in [0.15, 0.2) is 35.0 Å². The van der Waals surface area contributed by atoms with E-state index in [0.717, 1.165) is 22.2 Å². The summed E-state index contributed by atoms with van der Waals surface area (Å²) in [7, 11) is 0. The maximum absolute atomic E-state index is 12.7. The van der Waals surface area contributed by atoms with Crippen molar-refractivity contribution < 1.29 is 9.32 Å². The molecular formula is C20H16N6O2. The van der Waals surface area contributed by atoms with Crippen LogP contribution >= 0.6 is 0 Å². The molecule has 3 heterocycles. The summed E-state index contributed by atoms with van der Waals surface area (Å²) >= 11 is 0. The van der Waals surface area contributed by atoms with Gasteiger partial charge in [0.2, 0.25) is 0 Å². The number of carbonyl (C=O) groups is 1. The van der Waals surface area contributed by atoms with Crippen LogP contribution in [0.4, 0.5) is 5.69 Å². The van der Waals surface area contributed by atoms with Gasteiger partial charge in [0.1, 0.15) is 17.5 Å². The molecule has 3 aromatic heterocycles. The average molecular weight is 372 g/mol. The van der Waals surface area contributed by atoms with Gasteiger partial charge in [-0.3, -0.25) is 9.89 Å². The highest BCUT2D eigenvalue weighted by atomic mass is 16.5. The van der Waals surface area contributed by atoms with E-state index < -0.39 is 0 Å². The molecule has 8 heteroatoms. The summed E-state index contributed by atoms with van der Waals surface area (Å²) in [5, 5.41) is 23.9.